The fourth-order valence-corrected chi connectivity index (χ4v) is 1.01. The van der Waals surface area contributed by atoms with Crippen molar-refractivity contribution in [2.75, 3.05) is 7.05 Å². The van der Waals surface area contributed by atoms with E-state index >= 15 is 0 Å². The zero-order chi connectivity index (χ0) is 10.7. The second-order valence-electron chi connectivity index (χ2n) is 2.69. The molecular weight excluding hydrogens is 186 g/mol. The van der Waals surface area contributed by atoms with Crippen molar-refractivity contribution in [1.82, 2.24) is 10.3 Å². The van der Waals surface area contributed by atoms with Gasteiger partial charge in [-0.3, -0.25) is 4.79 Å². The minimum atomic E-state index is -0.597. The standard InChI is InChI=1S/C8H9N3O3/c1-5-3-7(11(13)14)10-4-6(5)8(12)9-2/h3-4H,1-2H3,(H,9,12). The molecular formula is C8H9N3O3. The van der Waals surface area contributed by atoms with Gasteiger partial charge in [0.25, 0.3) is 5.91 Å². The van der Waals surface area contributed by atoms with E-state index in [9.17, 15) is 14.9 Å². The maximum atomic E-state index is 11.2. The van der Waals surface area contributed by atoms with Crippen LogP contribution in [0.5, 0.6) is 0 Å². The van der Waals surface area contributed by atoms with Crippen molar-refractivity contribution in [3.63, 3.8) is 0 Å². The molecule has 1 rings (SSSR count). The minimum absolute atomic E-state index is 0.254. The predicted octanol–water partition coefficient (Wildman–Crippen LogP) is 0.658. The molecule has 74 valence electrons. The molecule has 0 aromatic carbocycles. The first-order chi connectivity index (χ1) is 6.56. The summed E-state index contributed by atoms with van der Waals surface area (Å²) < 4.78 is 0. The first-order valence-electron chi connectivity index (χ1n) is 3.89. The summed E-state index contributed by atoms with van der Waals surface area (Å²) in [6, 6.07) is 1.27. The Bertz CT molecular complexity index is 389. The molecule has 0 aliphatic carbocycles. The molecule has 0 unspecified atom stereocenters. The van der Waals surface area contributed by atoms with Crippen LogP contribution in [0.25, 0.3) is 0 Å². The summed E-state index contributed by atoms with van der Waals surface area (Å²) in [4.78, 5) is 24.5. The number of pyridine rings is 1. The molecule has 0 spiro atoms. The van der Waals surface area contributed by atoms with Gasteiger partial charge in [0.15, 0.2) is 6.20 Å². The number of hydrogen-bond acceptors (Lipinski definition) is 4. The fourth-order valence-electron chi connectivity index (χ4n) is 1.01. The van der Waals surface area contributed by atoms with Crippen LogP contribution in [0.15, 0.2) is 12.3 Å². The van der Waals surface area contributed by atoms with Gasteiger partial charge >= 0.3 is 5.82 Å². The third kappa shape index (κ3) is 1.85. The quantitative estimate of drug-likeness (QED) is 0.554. The summed E-state index contributed by atoms with van der Waals surface area (Å²) in [5, 5.41) is 12.8. The fraction of sp³-hybridized carbons (Fsp3) is 0.250. The normalized spacial score (nSPS) is 9.57. The first-order valence-corrected chi connectivity index (χ1v) is 3.89. The number of nitrogens with one attached hydrogen (secondary N) is 1. The Hall–Kier alpha value is -1.98. The third-order valence-corrected chi connectivity index (χ3v) is 1.76. The minimum Gasteiger partial charge on any atom is -0.358 e. The smallest absolute Gasteiger partial charge is 0.358 e. The summed E-state index contributed by atoms with van der Waals surface area (Å²) >= 11 is 0. The van der Waals surface area contributed by atoms with Crippen molar-refractivity contribution < 1.29 is 9.72 Å². The number of carbonyl (C=O) groups excluding carboxylic acids is 1. The van der Waals surface area contributed by atoms with Crippen LogP contribution in [0.1, 0.15) is 15.9 Å². The maximum Gasteiger partial charge on any atom is 0.363 e. The van der Waals surface area contributed by atoms with Crippen molar-refractivity contribution in [1.29, 1.82) is 0 Å². The highest BCUT2D eigenvalue weighted by molar-refractivity contribution is 5.95. The monoisotopic (exact) mass is 195 g/mol. The second kappa shape index (κ2) is 3.82. The Labute approximate surface area is 80.1 Å². The zero-order valence-corrected chi connectivity index (χ0v) is 7.77. The van der Waals surface area contributed by atoms with Crippen LogP contribution in [-0.4, -0.2) is 22.9 Å². The summed E-state index contributed by atoms with van der Waals surface area (Å²) in [6.45, 7) is 1.62. The molecule has 14 heavy (non-hydrogen) atoms. The van der Waals surface area contributed by atoms with Gasteiger partial charge in [0.05, 0.1) is 5.56 Å². The lowest BCUT2D eigenvalue weighted by molar-refractivity contribution is -0.389. The molecule has 1 aromatic heterocycles. The van der Waals surface area contributed by atoms with Gasteiger partial charge in [0.2, 0.25) is 0 Å². The summed E-state index contributed by atoms with van der Waals surface area (Å²) in [7, 11) is 1.49. The molecule has 0 bridgehead atoms. The highest BCUT2D eigenvalue weighted by atomic mass is 16.6. The third-order valence-electron chi connectivity index (χ3n) is 1.76. The Morgan fingerprint density at radius 3 is 2.71 bits per heavy atom. The molecule has 1 N–H and O–H groups in total. The Kier molecular flexibility index (Phi) is 2.76. The number of carbonyl (C=O) groups is 1. The number of nitro groups is 1. The molecule has 0 atom stereocenters. The zero-order valence-electron chi connectivity index (χ0n) is 7.77. The highest BCUT2D eigenvalue weighted by Gasteiger charge is 2.14. The van der Waals surface area contributed by atoms with E-state index in [2.05, 4.69) is 10.3 Å². The van der Waals surface area contributed by atoms with Gasteiger partial charge < -0.3 is 15.4 Å². The van der Waals surface area contributed by atoms with Crippen LogP contribution >= 0.6 is 0 Å². The molecule has 0 saturated carbocycles. The van der Waals surface area contributed by atoms with E-state index in [0.29, 0.717) is 11.1 Å². The molecule has 6 nitrogen and oxygen atoms in total. The van der Waals surface area contributed by atoms with Crippen LogP contribution in [0.4, 0.5) is 5.82 Å². The average Bonchev–Trinajstić information content (AvgIpc) is 2.16. The second-order valence-corrected chi connectivity index (χ2v) is 2.69. The van der Waals surface area contributed by atoms with E-state index in [0.717, 1.165) is 0 Å². The molecule has 6 heteroatoms. The number of rotatable bonds is 2. The van der Waals surface area contributed by atoms with E-state index in [1.807, 2.05) is 0 Å². The van der Waals surface area contributed by atoms with Gasteiger partial charge in [0, 0.05) is 13.1 Å². The predicted molar refractivity (Wildman–Crippen MR) is 49.0 cm³/mol. The van der Waals surface area contributed by atoms with E-state index in [1.165, 1.54) is 19.3 Å². The Morgan fingerprint density at radius 2 is 2.29 bits per heavy atom. The lowest BCUT2D eigenvalue weighted by atomic mass is 10.1. The summed E-state index contributed by atoms with van der Waals surface area (Å²) in [6.07, 6.45) is 1.20. The molecule has 1 heterocycles. The Morgan fingerprint density at radius 1 is 1.64 bits per heavy atom. The van der Waals surface area contributed by atoms with Crippen molar-refractivity contribution >= 4 is 11.7 Å². The number of nitrogens with zero attached hydrogens (tertiary/aromatic N) is 2. The van der Waals surface area contributed by atoms with Gasteiger partial charge in [-0.1, -0.05) is 0 Å². The SMILES string of the molecule is CNC(=O)c1cnc([N+](=O)[O-])cc1C. The lowest BCUT2D eigenvalue weighted by Crippen LogP contribution is -2.19. The van der Waals surface area contributed by atoms with Crippen molar-refractivity contribution in [2.45, 2.75) is 6.92 Å². The summed E-state index contributed by atoms with van der Waals surface area (Å²) in [5.74, 6) is -0.556. The van der Waals surface area contributed by atoms with E-state index in [4.69, 9.17) is 0 Å². The number of hydrogen-bond donors (Lipinski definition) is 1. The van der Waals surface area contributed by atoms with E-state index < -0.39 is 4.92 Å². The molecule has 0 aliphatic rings. The number of aryl methyl sites for hydroxylation is 1. The lowest BCUT2D eigenvalue weighted by Gasteiger charge is -2.00. The van der Waals surface area contributed by atoms with Gasteiger partial charge in [-0.05, 0) is 22.4 Å². The average molecular weight is 195 g/mol. The van der Waals surface area contributed by atoms with Crippen LogP contribution in [0.2, 0.25) is 0 Å². The largest absolute Gasteiger partial charge is 0.363 e. The number of amides is 1. The first kappa shape index (κ1) is 10.1. The van der Waals surface area contributed by atoms with Gasteiger partial charge in [-0.2, -0.15) is 0 Å². The van der Waals surface area contributed by atoms with Crippen LogP contribution in [0.3, 0.4) is 0 Å². The molecule has 1 aromatic rings. The van der Waals surface area contributed by atoms with Gasteiger partial charge in [0.1, 0.15) is 0 Å². The maximum absolute atomic E-state index is 11.2. The number of aromatic nitrogens is 1. The van der Waals surface area contributed by atoms with Gasteiger partial charge in [-0.15, -0.1) is 0 Å². The molecule has 0 fully saturated rings. The van der Waals surface area contributed by atoms with Crippen molar-refractivity contribution in [3.05, 3.63) is 33.5 Å². The topological polar surface area (TPSA) is 85.1 Å². The highest BCUT2D eigenvalue weighted by Crippen LogP contribution is 2.13. The van der Waals surface area contributed by atoms with Gasteiger partial charge in [-0.25, -0.2) is 0 Å². The van der Waals surface area contributed by atoms with Crippen molar-refractivity contribution in [2.24, 2.45) is 0 Å². The van der Waals surface area contributed by atoms with Crippen LogP contribution in [0, 0.1) is 17.0 Å². The molecule has 0 saturated heterocycles. The summed E-state index contributed by atoms with van der Waals surface area (Å²) in [5.41, 5.74) is 0.879. The van der Waals surface area contributed by atoms with Crippen LogP contribution in [-0.2, 0) is 0 Å². The molecule has 0 radical (unpaired) electrons. The van der Waals surface area contributed by atoms with E-state index in [1.54, 1.807) is 6.92 Å². The van der Waals surface area contributed by atoms with E-state index in [-0.39, 0.29) is 11.7 Å². The Balaban J connectivity index is 3.14. The van der Waals surface area contributed by atoms with Crippen molar-refractivity contribution in [3.8, 4) is 0 Å². The molecule has 1 amide bonds. The van der Waals surface area contributed by atoms with Crippen LogP contribution < -0.4 is 5.32 Å². The molecule has 0 aliphatic heterocycles.